The predicted octanol–water partition coefficient (Wildman–Crippen LogP) is 3.24. The number of carboxylic acids is 1. The minimum Gasteiger partial charge on any atom is -0.489 e. The van der Waals surface area contributed by atoms with Crippen LogP contribution in [0, 0.1) is 11.6 Å². The standard InChI is InChI=1S/C14H10F2O3/c15-11-3-1-2-9(4-11)8-19-13-6-10(14(17)18)5-12(16)7-13/h1-7H,8H2,(H,17,18). The minimum absolute atomic E-state index is 0.0280. The van der Waals surface area contributed by atoms with Gasteiger partial charge in [-0.2, -0.15) is 0 Å². The lowest BCUT2D eigenvalue weighted by Gasteiger charge is -2.07. The Morgan fingerprint density at radius 3 is 2.58 bits per heavy atom. The highest BCUT2D eigenvalue weighted by molar-refractivity contribution is 5.88. The number of hydrogen-bond donors (Lipinski definition) is 1. The zero-order valence-corrected chi connectivity index (χ0v) is 9.77. The van der Waals surface area contributed by atoms with Crippen LogP contribution in [0.5, 0.6) is 5.75 Å². The molecule has 0 unspecified atom stereocenters. The summed E-state index contributed by atoms with van der Waals surface area (Å²) in [5, 5.41) is 8.78. The molecule has 2 aromatic carbocycles. The van der Waals surface area contributed by atoms with Crippen molar-refractivity contribution in [1.82, 2.24) is 0 Å². The van der Waals surface area contributed by atoms with Gasteiger partial charge < -0.3 is 9.84 Å². The zero-order valence-electron chi connectivity index (χ0n) is 9.77. The van der Waals surface area contributed by atoms with Crippen LogP contribution in [0.25, 0.3) is 0 Å². The third kappa shape index (κ3) is 3.51. The van der Waals surface area contributed by atoms with E-state index in [1.807, 2.05) is 0 Å². The van der Waals surface area contributed by atoms with Crippen molar-refractivity contribution in [1.29, 1.82) is 0 Å². The Balaban J connectivity index is 2.13. The maximum atomic E-state index is 13.2. The van der Waals surface area contributed by atoms with E-state index in [9.17, 15) is 13.6 Å². The van der Waals surface area contributed by atoms with E-state index >= 15 is 0 Å². The minimum atomic E-state index is -1.24. The van der Waals surface area contributed by atoms with Crippen LogP contribution in [-0.4, -0.2) is 11.1 Å². The van der Waals surface area contributed by atoms with E-state index in [1.165, 1.54) is 24.3 Å². The molecule has 0 saturated carbocycles. The number of ether oxygens (including phenoxy) is 1. The van der Waals surface area contributed by atoms with Gasteiger partial charge in [0.15, 0.2) is 0 Å². The molecular formula is C14H10F2O3. The normalized spacial score (nSPS) is 10.2. The second kappa shape index (κ2) is 5.48. The van der Waals surface area contributed by atoms with Crippen LogP contribution in [0.15, 0.2) is 42.5 Å². The number of carbonyl (C=O) groups is 1. The Bertz CT molecular complexity index is 611. The van der Waals surface area contributed by atoms with E-state index in [0.717, 1.165) is 12.1 Å². The van der Waals surface area contributed by atoms with Crippen LogP contribution in [-0.2, 0) is 6.61 Å². The molecule has 0 bridgehead atoms. The first kappa shape index (κ1) is 13.0. The highest BCUT2D eigenvalue weighted by Crippen LogP contribution is 2.18. The first-order valence-electron chi connectivity index (χ1n) is 5.46. The first-order chi connectivity index (χ1) is 9.04. The van der Waals surface area contributed by atoms with Gasteiger partial charge in [0.2, 0.25) is 0 Å². The molecule has 0 saturated heterocycles. The third-order valence-corrected chi connectivity index (χ3v) is 2.41. The largest absolute Gasteiger partial charge is 0.489 e. The maximum absolute atomic E-state index is 13.2. The van der Waals surface area contributed by atoms with Crippen molar-refractivity contribution >= 4 is 5.97 Å². The fourth-order valence-corrected chi connectivity index (χ4v) is 1.56. The quantitative estimate of drug-likeness (QED) is 0.922. The summed E-state index contributed by atoms with van der Waals surface area (Å²) in [7, 11) is 0. The summed E-state index contributed by atoms with van der Waals surface area (Å²) < 4.78 is 31.4. The molecule has 0 atom stereocenters. The molecule has 0 aliphatic heterocycles. The molecule has 1 N–H and O–H groups in total. The Hall–Kier alpha value is -2.43. The molecule has 0 heterocycles. The van der Waals surface area contributed by atoms with Crippen LogP contribution < -0.4 is 4.74 Å². The third-order valence-electron chi connectivity index (χ3n) is 2.41. The second-order valence-electron chi connectivity index (χ2n) is 3.90. The number of halogens is 2. The van der Waals surface area contributed by atoms with Gasteiger partial charge in [-0.25, -0.2) is 13.6 Å². The van der Waals surface area contributed by atoms with E-state index in [1.54, 1.807) is 6.07 Å². The van der Waals surface area contributed by atoms with Gasteiger partial charge in [-0.3, -0.25) is 0 Å². The molecule has 2 aromatic rings. The lowest BCUT2D eigenvalue weighted by molar-refractivity contribution is 0.0695. The van der Waals surface area contributed by atoms with Gasteiger partial charge in [-0.05, 0) is 29.8 Å². The molecule has 2 rings (SSSR count). The number of aromatic carboxylic acids is 1. The van der Waals surface area contributed by atoms with Crippen molar-refractivity contribution in [3.8, 4) is 5.75 Å². The summed E-state index contributed by atoms with van der Waals surface area (Å²) >= 11 is 0. The van der Waals surface area contributed by atoms with Gasteiger partial charge in [0, 0.05) is 6.07 Å². The van der Waals surface area contributed by atoms with Crippen molar-refractivity contribution in [3.63, 3.8) is 0 Å². The molecule has 0 aliphatic rings. The first-order valence-corrected chi connectivity index (χ1v) is 5.46. The van der Waals surface area contributed by atoms with Crippen molar-refractivity contribution in [3.05, 3.63) is 65.2 Å². The molecule has 19 heavy (non-hydrogen) atoms. The zero-order chi connectivity index (χ0) is 13.8. The number of rotatable bonds is 4. The molecule has 98 valence electrons. The molecule has 5 heteroatoms. The molecule has 0 fully saturated rings. The van der Waals surface area contributed by atoms with Crippen LogP contribution >= 0.6 is 0 Å². The van der Waals surface area contributed by atoms with Gasteiger partial charge in [-0.15, -0.1) is 0 Å². The molecular weight excluding hydrogens is 254 g/mol. The second-order valence-corrected chi connectivity index (χ2v) is 3.90. The van der Waals surface area contributed by atoms with E-state index in [2.05, 4.69) is 0 Å². The molecule has 3 nitrogen and oxygen atoms in total. The number of carboxylic acid groups (broad SMARTS) is 1. The molecule has 0 radical (unpaired) electrons. The molecule has 0 aromatic heterocycles. The summed E-state index contributed by atoms with van der Waals surface area (Å²) in [4.78, 5) is 10.8. The van der Waals surface area contributed by atoms with E-state index < -0.39 is 17.6 Å². The van der Waals surface area contributed by atoms with Crippen LogP contribution in [0.1, 0.15) is 15.9 Å². The van der Waals surface area contributed by atoms with Gasteiger partial charge in [0.05, 0.1) is 5.56 Å². The Labute approximate surface area is 108 Å². The number of benzene rings is 2. The monoisotopic (exact) mass is 264 g/mol. The predicted molar refractivity (Wildman–Crippen MR) is 64.1 cm³/mol. The van der Waals surface area contributed by atoms with Gasteiger partial charge in [0.1, 0.15) is 24.0 Å². The van der Waals surface area contributed by atoms with E-state index in [0.29, 0.717) is 5.56 Å². The molecule has 0 amide bonds. The summed E-state index contributed by atoms with van der Waals surface area (Å²) in [6.07, 6.45) is 0. The Morgan fingerprint density at radius 1 is 1.11 bits per heavy atom. The fraction of sp³-hybridized carbons (Fsp3) is 0.0714. The molecule has 0 spiro atoms. The van der Waals surface area contributed by atoms with Crippen molar-refractivity contribution < 1.29 is 23.4 Å². The Kier molecular flexibility index (Phi) is 3.75. The van der Waals surface area contributed by atoms with Crippen LogP contribution in [0.4, 0.5) is 8.78 Å². The number of hydrogen-bond acceptors (Lipinski definition) is 2. The SMILES string of the molecule is O=C(O)c1cc(F)cc(OCc2cccc(F)c2)c1. The summed E-state index contributed by atoms with van der Waals surface area (Å²) in [5.41, 5.74) is 0.371. The average molecular weight is 264 g/mol. The smallest absolute Gasteiger partial charge is 0.335 e. The molecule has 0 aliphatic carbocycles. The maximum Gasteiger partial charge on any atom is 0.335 e. The van der Waals surface area contributed by atoms with Gasteiger partial charge >= 0.3 is 5.97 Å². The Morgan fingerprint density at radius 2 is 1.89 bits per heavy atom. The fourth-order valence-electron chi connectivity index (χ4n) is 1.56. The van der Waals surface area contributed by atoms with Gasteiger partial charge in [0.25, 0.3) is 0 Å². The highest BCUT2D eigenvalue weighted by atomic mass is 19.1. The lowest BCUT2D eigenvalue weighted by Crippen LogP contribution is -2.00. The van der Waals surface area contributed by atoms with E-state index in [4.69, 9.17) is 9.84 Å². The average Bonchev–Trinajstić information content (AvgIpc) is 2.36. The van der Waals surface area contributed by atoms with Crippen LogP contribution in [0.3, 0.4) is 0 Å². The van der Waals surface area contributed by atoms with Crippen molar-refractivity contribution in [2.45, 2.75) is 6.61 Å². The van der Waals surface area contributed by atoms with Crippen LogP contribution in [0.2, 0.25) is 0 Å². The van der Waals surface area contributed by atoms with Crippen molar-refractivity contribution in [2.24, 2.45) is 0 Å². The summed E-state index contributed by atoms with van der Waals surface area (Å²) in [5.74, 6) is -2.25. The van der Waals surface area contributed by atoms with Gasteiger partial charge in [-0.1, -0.05) is 12.1 Å². The highest BCUT2D eigenvalue weighted by Gasteiger charge is 2.08. The van der Waals surface area contributed by atoms with Crippen molar-refractivity contribution in [2.75, 3.05) is 0 Å². The lowest BCUT2D eigenvalue weighted by atomic mass is 10.2. The topological polar surface area (TPSA) is 46.5 Å². The summed E-state index contributed by atoms with van der Waals surface area (Å²) in [6.45, 7) is 0.0280. The van der Waals surface area contributed by atoms with E-state index in [-0.39, 0.29) is 17.9 Å². The summed E-state index contributed by atoms with van der Waals surface area (Å²) in [6, 6.07) is 8.96.